The Kier molecular flexibility index (Phi) is 9.21. The van der Waals surface area contributed by atoms with Gasteiger partial charge in [-0.15, -0.1) is 26.3 Å². The fourth-order valence-electron chi connectivity index (χ4n) is 3.87. The summed E-state index contributed by atoms with van der Waals surface area (Å²) in [6.45, 7) is 13.9. The minimum absolute atomic E-state index is 0.189. The molecule has 0 N–H and O–H groups in total. The molecule has 2 aromatic rings. The summed E-state index contributed by atoms with van der Waals surface area (Å²) in [4.78, 5) is 16.7. The highest BCUT2D eigenvalue weighted by molar-refractivity contribution is 6.34. The van der Waals surface area contributed by atoms with Crippen LogP contribution in [0.5, 0.6) is 5.75 Å². The zero-order chi connectivity index (χ0) is 25.6. The molecule has 2 aromatic carbocycles. The molecular weight excluding hydrogens is 465 g/mol. The Morgan fingerprint density at radius 2 is 1.85 bits per heavy atom. The SMILES string of the molecule is C/C(=C\N(C)CC(C)C)c1cc(Cl)c2c(c1)CN(Cc1ccc(OC(F)(F)F)cc1)C2=O.C=C. The largest absolute Gasteiger partial charge is 0.573 e. The Balaban J connectivity index is 0.00000199. The molecule has 1 aliphatic rings. The zero-order valence-corrected chi connectivity index (χ0v) is 20.6. The highest BCUT2D eigenvalue weighted by atomic mass is 35.5. The van der Waals surface area contributed by atoms with E-state index in [0.717, 1.165) is 23.2 Å². The average Bonchev–Trinajstić information content (AvgIpc) is 3.05. The molecule has 1 heterocycles. The molecule has 184 valence electrons. The van der Waals surface area contributed by atoms with Crippen LogP contribution in [0.4, 0.5) is 13.2 Å². The first-order valence-corrected chi connectivity index (χ1v) is 11.2. The van der Waals surface area contributed by atoms with Gasteiger partial charge in [0.1, 0.15) is 5.75 Å². The van der Waals surface area contributed by atoms with E-state index in [1.807, 2.05) is 20.0 Å². The first kappa shape index (κ1) is 27.3. The minimum atomic E-state index is -4.74. The Morgan fingerprint density at radius 3 is 2.41 bits per heavy atom. The number of halogens is 4. The summed E-state index contributed by atoms with van der Waals surface area (Å²) in [5.41, 5.74) is 4.02. The third-order valence-corrected chi connectivity index (χ3v) is 5.39. The standard InChI is InChI=1S/C24H26ClF3N2O2.C2H4/c1-15(2)11-29(4)12-16(3)18-9-19-14-30(23(31)22(19)21(25)10-18)13-17-5-7-20(8-6-17)32-24(26,27)28;1-2/h5-10,12,15H,11,13-14H2,1-4H3;1-2H2/b16-12+;. The topological polar surface area (TPSA) is 32.8 Å². The molecule has 8 heteroatoms. The summed E-state index contributed by atoms with van der Waals surface area (Å²) in [6.07, 6.45) is -2.67. The van der Waals surface area contributed by atoms with Crippen molar-refractivity contribution in [3.63, 3.8) is 0 Å². The van der Waals surface area contributed by atoms with Crippen LogP contribution in [0.3, 0.4) is 0 Å². The summed E-state index contributed by atoms with van der Waals surface area (Å²) in [7, 11) is 2.02. The number of amides is 1. The van der Waals surface area contributed by atoms with Crippen LogP contribution in [0, 0.1) is 5.92 Å². The van der Waals surface area contributed by atoms with Crippen molar-refractivity contribution in [2.24, 2.45) is 5.92 Å². The highest BCUT2D eigenvalue weighted by Crippen LogP contribution is 2.34. The molecular formula is C26H30ClF3N2O2. The first-order chi connectivity index (χ1) is 15.9. The molecule has 0 saturated carbocycles. The van der Waals surface area contributed by atoms with Crippen molar-refractivity contribution < 1.29 is 22.7 Å². The second-order valence-corrected chi connectivity index (χ2v) is 8.90. The lowest BCUT2D eigenvalue weighted by Gasteiger charge is -2.18. The lowest BCUT2D eigenvalue weighted by atomic mass is 10.0. The van der Waals surface area contributed by atoms with Gasteiger partial charge < -0.3 is 14.5 Å². The molecule has 0 aliphatic carbocycles. The predicted molar refractivity (Wildman–Crippen MR) is 131 cm³/mol. The summed E-state index contributed by atoms with van der Waals surface area (Å²) in [6, 6.07) is 9.30. The van der Waals surface area contributed by atoms with Gasteiger partial charge in [-0.25, -0.2) is 0 Å². The monoisotopic (exact) mass is 494 g/mol. The van der Waals surface area contributed by atoms with Gasteiger partial charge in [-0.1, -0.05) is 37.6 Å². The Bertz CT molecular complexity index is 1030. The number of alkyl halides is 3. The molecule has 0 spiro atoms. The van der Waals surface area contributed by atoms with Crippen LogP contribution in [0.25, 0.3) is 5.57 Å². The van der Waals surface area contributed by atoms with Gasteiger partial charge in [0.2, 0.25) is 0 Å². The molecule has 0 radical (unpaired) electrons. The molecule has 0 aromatic heterocycles. The van der Waals surface area contributed by atoms with E-state index in [1.54, 1.807) is 11.0 Å². The molecule has 0 bridgehead atoms. The van der Waals surface area contributed by atoms with E-state index in [2.05, 4.69) is 42.8 Å². The molecule has 0 saturated heterocycles. The van der Waals surface area contributed by atoms with Crippen LogP contribution < -0.4 is 4.74 Å². The zero-order valence-electron chi connectivity index (χ0n) is 19.9. The van der Waals surface area contributed by atoms with Gasteiger partial charge in [-0.2, -0.15) is 0 Å². The molecule has 0 unspecified atom stereocenters. The van der Waals surface area contributed by atoms with Crippen molar-refractivity contribution in [1.29, 1.82) is 0 Å². The number of fused-ring (bicyclic) bond motifs is 1. The molecule has 0 fully saturated rings. The number of benzene rings is 2. The van der Waals surface area contributed by atoms with Gasteiger partial charge >= 0.3 is 6.36 Å². The van der Waals surface area contributed by atoms with E-state index in [4.69, 9.17) is 11.6 Å². The van der Waals surface area contributed by atoms with Gasteiger partial charge in [0.05, 0.1) is 10.6 Å². The molecule has 0 atom stereocenters. The molecule has 4 nitrogen and oxygen atoms in total. The predicted octanol–water partition coefficient (Wildman–Crippen LogP) is 7.15. The Hall–Kier alpha value is -2.93. The van der Waals surface area contributed by atoms with Crippen molar-refractivity contribution in [2.75, 3.05) is 13.6 Å². The fraction of sp³-hybridized carbons (Fsp3) is 0.346. The lowest BCUT2D eigenvalue weighted by molar-refractivity contribution is -0.274. The van der Waals surface area contributed by atoms with Gasteiger partial charge in [0.25, 0.3) is 5.91 Å². The van der Waals surface area contributed by atoms with Crippen LogP contribution in [-0.4, -0.2) is 35.7 Å². The maximum Gasteiger partial charge on any atom is 0.573 e. The van der Waals surface area contributed by atoms with Crippen LogP contribution >= 0.6 is 11.6 Å². The third kappa shape index (κ3) is 7.29. The Labute approximate surface area is 204 Å². The van der Waals surface area contributed by atoms with Gasteiger partial charge in [-0.3, -0.25) is 4.79 Å². The third-order valence-electron chi connectivity index (χ3n) is 5.09. The minimum Gasteiger partial charge on any atom is -0.406 e. The second kappa shape index (κ2) is 11.5. The van der Waals surface area contributed by atoms with E-state index >= 15 is 0 Å². The number of allylic oxidation sites excluding steroid dienone is 1. The maximum absolute atomic E-state index is 12.9. The van der Waals surface area contributed by atoms with Gasteiger partial charge in [0, 0.05) is 32.9 Å². The summed E-state index contributed by atoms with van der Waals surface area (Å²) >= 11 is 6.47. The van der Waals surface area contributed by atoms with Crippen molar-refractivity contribution in [3.05, 3.63) is 83.0 Å². The van der Waals surface area contributed by atoms with Crippen LogP contribution in [0.2, 0.25) is 5.02 Å². The van der Waals surface area contributed by atoms with E-state index in [9.17, 15) is 18.0 Å². The maximum atomic E-state index is 12.9. The van der Waals surface area contributed by atoms with E-state index in [1.165, 1.54) is 24.3 Å². The average molecular weight is 495 g/mol. The van der Waals surface area contributed by atoms with Crippen molar-refractivity contribution in [1.82, 2.24) is 9.80 Å². The lowest BCUT2D eigenvalue weighted by Crippen LogP contribution is -2.23. The fourth-order valence-corrected chi connectivity index (χ4v) is 4.19. The quantitative estimate of drug-likeness (QED) is 0.383. The number of carbonyl (C=O) groups is 1. The summed E-state index contributed by atoms with van der Waals surface area (Å²) in [5.74, 6) is 0.0494. The molecule has 1 aliphatic heterocycles. The van der Waals surface area contributed by atoms with E-state index in [0.29, 0.717) is 28.6 Å². The number of nitrogens with zero attached hydrogens (tertiary/aromatic N) is 2. The number of hydrogen-bond acceptors (Lipinski definition) is 3. The molecule has 34 heavy (non-hydrogen) atoms. The van der Waals surface area contributed by atoms with E-state index in [-0.39, 0.29) is 18.2 Å². The number of hydrogen-bond donors (Lipinski definition) is 0. The van der Waals surface area contributed by atoms with Crippen molar-refractivity contribution in [2.45, 2.75) is 40.2 Å². The highest BCUT2D eigenvalue weighted by Gasteiger charge is 2.32. The van der Waals surface area contributed by atoms with Crippen LogP contribution in [0.15, 0.2) is 55.8 Å². The number of rotatable bonds is 7. The first-order valence-electron chi connectivity index (χ1n) is 10.8. The summed E-state index contributed by atoms with van der Waals surface area (Å²) in [5, 5.41) is 0.401. The van der Waals surface area contributed by atoms with Gasteiger partial charge in [0.15, 0.2) is 0 Å². The van der Waals surface area contributed by atoms with E-state index < -0.39 is 6.36 Å². The van der Waals surface area contributed by atoms with Crippen molar-refractivity contribution >= 4 is 23.1 Å². The van der Waals surface area contributed by atoms with Gasteiger partial charge in [-0.05, 0) is 59.4 Å². The smallest absolute Gasteiger partial charge is 0.406 e. The van der Waals surface area contributed by atoms with Crippen LogP contribution in [-0.2, 0) is 13.1 Å². The Morgan fingerprint density at radius 1 is 1.24 bits per heavy atom. The molecule has 1 amide bonds. The van der Waals surface area contributed by atoms with Crippen molar-refractivity contribution in [3.8, 4) is 5.75 Å². The normalized spacial score (nSPS) is 13.5. The number of ether oxygens (including phenoxy) is 1. The van der Waals surface area contributed by atoms with Crippen LogP contribution in [0.1, 0.15) is 47.8 Å². The molecule has 3 rings (SSSR count). The second-order valence-electron chi connectivity index (χ2n) is 8.49. The number of carbonyl (C=O) groups excluding carboxylic acids is 1. The summed E-state index contributed by atoms with van der Waals surface area (Å²) < 4.78 is 40.9.